The molecule has 0 bridgehead atoms. The molecule has 6 nitrogen and oxygen atoms in total. The van der Waals surface area contributed by atoms with Crippen molar-refractivity contribution in [3.63, 3.8) is 0 Å². The molecule has 0 radical (unpaired) electrons. The van der Waals surface area contributed by atoms with Gasteiger partial charge in [-0.25, -0.2) is 4.98 Å². The fraction of sp³-hybridized carbons (Fsp3) is 0.385. The normalized spacial score (nSPS) is 10.7. The molecule has 2 rings (SSSR count). The highest BCUT2D eigenvalue weighted by Crippen LogP contribution is 2.22. The molecule has 0 saturated heterocycles. The van der Waals surface area contributed by atoms with Crippen LogP contribution in [0.4, 0.5) is 11.5 Å². The first kappa shape index (κ1) is 13.2. The summed E-state index contributed by atoms with van der Waals surface area (Å²) in [4.78, 5) is 8.58. The monoisotopic (exact) mass is 261 g/mol. The molecule has 19 heavy (non-hydrogen) atoms. The van der Waals surface area contributed by atoms with Crippen LogP contribution in [0.1, 0.15) is 19.7 Å². The highest BCUT2D eigenvalue weighted by atomic mass is 16.5. The van der Waals surface area contributed by atoms with Gasteiger partial charge in [-0.2, -0.15) is 4.98 Å². The van der Waals surface area contributed by atoms with Gasteiger partial charge in [0.25, 0.3) is 0 Å². The molecule has 0 saturated carbocycles. The maximum absolute atomic E-state index is 5.82. The molecule has 3 N–H and O–H groups in total. The number of nitrogens with one attached hydrogen (secondary N) is 1. The van der Waals surface area contributed by atoms with Crippen LogP contribution in [0.2, 0.25) is 0 Å². The van der Waals surface area contributed by atoms with Crippen LogP contribution in [0.15, 0.2) is 24.5 Å². The van der Waals surface area contributed by atoms with Gasteiger partial charge in [-0.3, -0.25) is 0 Å². The number of hydrogen-bond acceptors (Lipinski definition) is 5. The number of aryl methyl sites for hydroxylation is 1. The summed E-state index contributed by atoms with van der Waals surface area (Å²) in [6, 6.07) is 3.61. The van der Waals surface area contributed by atoms with E-state index in [-0.39, 0.29) is 6.10 Å². The zero-order chi connectivity index (χ0) is 13.8. The standard InChI is InChI=1S/C13H19N5O/c1-9(2)19-13-10(14)4-5-11(17-13)16-8-12-15-6-7-18(12)3/h4-7,9H,8,14H2,1-3H3,(H,16,17). The van der Waals surface area contributed by atoms with Crippen LogP contribution in [-0.4, -0.2) is 20.6 Å². The second-order valence-electron chi connectivity index (χ2n) is 4.57. The Kier molecular flexibility index (Phi) is 3.89. The van der Waals surface area contributed by atoms with Crippen LogP contribution in [0.3, 0.4) is 0 Å². The number of nitrogens with zero attached hydrogens (tertiary/aromatic N) is 3. The van der Waals surface area contributed by atoms with Crippen LogP contribution in [-0.2, 0) is 13.6 Å². The Bertz CT molecular complexity index is 550. The molecule has 0 spiro atoms. The van der Waals surface area contributed by atoms with E-state index >= 15 is 0 Å². The van der Waals surface area contributed by atoms with Gasteiger partial charge in [0.1, 0.15) is 11.6 Å². The number of nitrogen functional groups attached to an aromatic ring is 1. The minimum atomic E-state index is 0.0413. The average Bonchev–Trinajstić information content (AvgIpc) is 2.75. The van der Waals surface area contributed by atoms with Crippen molar-refractivity contribution in [2.45, 2.75) is 26.5 Å². The number of hydrogen-bond donors (Lipinski definition) is 2. The maximum atomic E-state index is 5.82. The average molecular weight is 261 g/mol. The molecular formula is C13H19N5O. The summed E-state index contributed by atoms with van der Waals surface area (Å²) in [6.07, 6.45) is 3.71. The summed E-state index contributed by atoms with van der Waals surface area (Å²) in [6.45, 7) is 4.48. The van der Waals surface area contributed by atoms with Gasteiger partial charge in [-0.1, -0.05) is 0 Å². The lowest BCUT2D eigenvalue weighted by molar-refractivity contribution is 0.234. The number of imidazole rings is 1. The van der Waals surface area contributed by atoms with E-state index in [0.29, 0.717) is 23.9 Å². The fourth-order valence-corrected chi connectivity index (χ4v) is 1.60. The second-order valence-corrected chi connectivity index (χ2v) is 4.57. The molecule has 0 amide bonds. The predicted molar refractivity (Wildman–Crippen MR) is 74.9 cm³/mol. The number of rotatable bonds is 5. The minimum Gasteiger partial charge on any atom is -0.473 e. The lowest BCUT2D eigenvalue weighted by atomic mass is 10.4. The van der Waals surface area contributed by atoms with Crippen LogP contribution < -0.4 is 15.8 Å². The molecule has 2 heterocycles. The summed E-state index contributed by atoms with van der Waals surface area (Å²) in [5.74, 6) is 2.11. The summed E-state index contributed by atoms with van der Waals surface area (Å²) in [5, 5.41) is 3.20. The molecular weight excluding hydrogens is 242 g/mol. The van der Waals surface area contributed by atoms with Crippen LogP contribution in [0.5, 0.6) is 5.88 Å². The van der Waals surface area contributed by atoms with Gasteiger partial charge >= 0.3 is 0 Å². The van der Waals surface area contributed by atoms with E-state index in [1.165, 1.54) is 0 Å². The van der Waals surface area contributed by atoms with Crippen molar-refractivity contribution in [2.24, 2.45) is 7.05 Å². The Balaban J connectivity index is 2.06. The molecule has 0 aliphatic heterocycles. The Hall–Kier alpha value is -2.24. The number of aromatic nitrogens is 3. The van der Waals surface area contributed by atoms with E-state index in [0.717, 1.165) is 5.82 Å². The highest BCUT2D eigenvalue weighted by Gasteiger charge is 2.07. The van der Waals surface area contributed by atoms with Crippen LogP contribution in [0.25, 0.3) is 0 Å². The van der Waals surface area contributed by atoms with Gasteiger partial charge in [0.2, 0.25) is 5.88 Å². The lowest BCUT2D eigenvalue weighted by Gasteiger charge is -2.13. The first-order valence-electron chi connectivity index (χ1n) is 6.19. The first-order valence-corrected chi connectivity index (χ1v) is 6.19. The van der Waals surface area contributed by atoms with Gasteiger partial charge in [0, 0.05) is 19.4 Å². The lowest BCUT2D eigenvalue weighted by Crippen LogP contribution is -2.11. The predicted octanol–water partition coefficient (Wildman–Crippen LogP) is 1.80. The van der Waals surface area contributed by atoms with Crippen molar-refractivity contribution >= 4 is 11.5 Å². The van der Waals surface area contributed by atoms with Crippen molar-refractivity contribution < 1.29 is 4.74 Å². The molecule has 0 atom stereocenters. The van der Waals surface area contributed by atoms with Crippen molar-refractivity contribution in [1.29, 1.82) is 0 Å². The molecule has 2 aromatic heterocycles. The molecule has 0 aliphatic rings. The zero-order valence-electron chi connectivity index (χ0n) is 11.4. The largest absolute Gasteiger partial charge is 0.473 e. The molecule has 6 heteroatoms. The van der Waals surface area contributed by atoms with Gasteiger partial charge in [-0.05, 0) is 26.0 Å². The smallest absolute Gasteiger partial charge is 0.239 e. The molecule has 2 aromatic rings. The van der Waals surface area contributed by atoms with Crippen molar-refractivity contribution in [3.05, 3.63) is 30.4 Å². The quantitative estimate of drug-likeness (QED) is 0.858. The first-order chi connectivity index (χ1) is 9.06. The van der Waals surface area contributed by atoms with Gasteiger partial charge in [0.15, 0.2) is 0 Å². The maximum Gasteiger partial charge on any atom is 0.239 e. The summed E-state index contributed by atoms with van der Waals surface area (Å²) in [5.41, 5.74) is 6.36. The SMILES string of the molecule is CC(C)Oc1nc(NCc2nccn2C)ccc1N. The zero-order valence-corrected chi connectivity index (χ0v) is 11.4. The fourth-order valence-electron chi connectivity index (χ4n) is 1.60. The van der Waals surface area contributed by atoms with E-state index < -0.39 is 0 Å². The van der Waals surface area contributed by atoms with E-state index in [2.05, 4.69) is 15.3 Å². The number of pyridine rings is 1. The van der Waals surface area contributed by atoms with E-state index in [1.807, 2.05) is 37.7 Å². The summed E-state index contributed by atoms with van der Waals surface area (Å²) in [7, 11) is 1.95. The Morgan fingerprint density at radius 1 is 1.42 bits per heavy atom. The number of nitrogens with two attached hydrogens (primary N) is 1. The molecule has 0 aliphatic carbocycles. The Morgan fingerprint density at radius 2 is 2.21 bits per heavy atom. The van der Waals surface area contributed by atoms with Gasteiger partial charge in [0.05, 0.1) is 18.3 Å². The van der Waals surface area contributed by atoms with Crippen molar-refractivity contribution in [3.8, 4) is 5.88 Å². The van der Waals surface area contributed by atoms with Crippen molar-refractivity contribution in [2.75, 3.05) is 11.1 Å². The third-order valence-electron chi connectivity index (χ3n) is 2.59. The summed E-state index contributed by atoms with van der Waals surface area (Å²) < 4.78 is 7.50. The topological polar surface area (TPSA) is 78.0 Å². The molecule has 0 aromatic carbocycles. The highest BCUT2D eigenvalue weighted by molar-refractivity contribution is 5.53. The van der Waals surface area contributed by atoms with Crippen LogP contribution in [0, 0.1) is 0 Å². The van der Waals surface area contributed by atoms with E-state index in [4.69, 9.17) is 10.5 Å². The molecule has 102 valence electrons. The Labute approximate surface area is 112 Å². The Morgan fingerprint density at radius 3 is 2.84 bits per heavy atom. The molecule has 0 fully saturated rings. The second kappa shape index (κ2) is 5.60. The minimum absolute atomic E-state index is 0.0413. The number of ether oxygens (including phenoxy) is 1. The third-order valence-corrected chi connectivity index (χ3v) is 2.59. The van der Waals surface area contributed by atoms with Gasteiger partial charge in [-0.15, -0.1) is 0 Å². The van der Waals surface area contributed by atoms with E-state index in [1.54, 1.807) is 12.3 Å². The molecule has 0 unspecified atom stereocenters. The summed E-state index contributed by atoms with van der Waals surface area (Å²) >= 11 is 0. The van der Waals surface area contributed by atoms with Crippen molar-refractivity contribution in [1.82, 2.24) is 14.5 Å². The van der Waals surface area contributed by atoms with E-state index in [9.17, 15) is 0 Å². The van der Waals surface area contributed by atoms with Gasteiger partial charge < -0.3 is 20.4 Å². The van der Waals surface area contributed by atoms with Crippen LogP contribution >= 0.6 is 0 Å². The third kappa shape index (κ3) is 3.37. The number of anilines is 2.